The number of rotatable bonds is 4. The minimum atomic E-state index is -1.54. The van der Waals surface area contributed by atoms with Gasteiger partial charge in [0, 0.05) is 11.4 Å². The third-order valence-electron chi connectivity index (χ3n) is 2.14. The number of carbonyl (C=O) groups is 1. The lowest BCUT2D eigenvalue weighted by Gasteiger charge is -2.15. The van der Waals surface area contributed by atoms with E-state index in [1.54, 1.807) is 24.3 Å². The molecule has 0 bridgehead atoms. The number of aliphatic hydroxyl groups excluding tert-OH is 2. The molecule has 2 unspecified atom stereocenters. The molecule has 4 nitrogen and oxygen atoms in total. The molecular formula is C11H13ClO4. The topological polar surface area (TPSA) is 66.8 Å². The molecule has 1 aromatic carbocycles. The molecule has 0 fully saturated rings. The molecule has 16 heavy (non-hydrogen) atoms. The highest BCUT2D eigenvalue weighted by atomic mass is 35.5. The number of esters is 1. The maximum absolute atomic E-state index is 11.0. The monoisotopic (exact) mass is 244 g/mol. The zero-order valence-corrected chi connectivity index (χ0v) is 9.52. The first kappa shape index (κ1) is 13.0. The van der Waals surface area contributed by atoms with Crippen molar-refractivity contribution in [2.75, 3.05) is 7.11 Å². The Hall–Kier alpha value is -1.10. The molecule has 0 aliphatic carbocycles. The number of benzene rings is 1. The standard InChI is InChI=1S/C11H13ClO4/c1-16-11(15)10(14)9(13)6-7-3-2-4-8(12)5-7/h2-5,9-10,13-14H,6H2,1H3. The fraction of sp³-hybridized carbons (Fsp3) is 0.364. The summed E-state index contributed by atoms with van der Waals surface area (Å²) in [4.78, 5) is 11.0. The molecule has 0 spiro atoms. The van der Waals surface area contributed by atoms with Gasteiger partial charge >= 0.3 is 5.97 Å². The lowest BCUT2D eigenvalue weighted by atomic mass is 10.0. The predicted molar refractivity (Wildman–Crippen MR) is 59.2 cm³/mol. The van der Waals surface area contributed by atoms with Crippen molar-refractivity contribution < 1.29 is 19.7 Å². The predicted octanol–water partition coefficient (Wildman–Crippen LogP) is 0.777. The molecule has 5 heteroatoms. The minimum absolute atomic E-state index is 0.136. The smallest absolute Gasteiger partial charge is 0.337 e. The van der Waals surface area contributed by atoms with Crippen LogP contribution in [0.3, 0.4) is 0 Å². The highest BCUT2D eigenvalue weighted by Gasteiger charge is 2.24. The van der Waals surface area contributed by atoms with Crippen molar-refractivity contribution in [1.82, 2.24) is 0 Å². The van der Waals surface area contributed by atoms with Gasteiger partial charge in [0.25, 0.3) is 0 Å². The Labute approximate surface area is 98.4 Å². The van der Waals surface area contributed by atoms with Gasteiger partial charge in [-0.3, -0.25) is 0 Å². The fourth-order valence-electron chi connectivity index (χ4n) is 1.29. The molecule has 0 radical (unpaired) electrons. The van der Waals surface area contributed by atoms with E-state index in [4.69, 9.17) is 11.6 Å². The van der Waals surface area contributed by atoms with E-state index >= 15 is 0 Å². The van der Waals surface area contributed by atoms with E-state index in [0.29, 0.717) is 5.02 Å². The van der Waals surface area contributed by atoms with Gasteiger partial charge in [-0.15, -0.1) is 0 Å². The van der Waals surface area contributed by atoms with Crippen molar-refractivity contribution in [3.8, 4) is 0 Å². The van der Waals surface area contributed by atoms with E-state index in [9.17, 15) is 15.0 Å². The van der Waals surface area contributed by atoms with E-state index in [1.165, 1.54) is 0 Å². The quantitative estimate of drug-likeness (QED) is 0.768. The highest BCUT2D eigenvalue weighted by molar-refractivity contribution is 6.30. The van der Waals surface area contributed by atoms with Crippen LogP contribution >= 0.6 is 11.6 Å². The lowest BCUT2D eigenvalue weighted by Crippen LogP contribution is -2.36. The second-order valence-electron chi connectivity index (χ2n) is 3.37. The Balaban J connectivity index is 2.64. The van der Waals surface area contributed by atoms with Crippen LogP contribution in [0, 0.1) is 0 Å². The number of ether oxygens (including phenoxy) is 1. The van der Waals surface area contributed by atoms with Crippen LogP contribution < -0.4 is 0 Å². The number of aliphatic hydroxyl groups is 2. The third-order valence-corrected chi connectivity index (χ3v) is 2.38. The van der Waals surface area contributed by atoms with Crippen molar-refractivity contribution in [3.05, 3.63) is 34.9 Å². The number of halogens is 1. The van der Waals surface area contributed by atoms with Crippen LogP contribution in [0.15, 0.2) is 24.3 Å². The van der Waals surface area contributed by atoms with Crippen molar-refractivity contribution in [1.29, 1.82) is 0 Å². The number of hydrogen-bond acceptors (Lipinski definition) is 4. The summed E-state index contributed by atoms with van der Waals surface area (Å²) in [5.74, 6) is -0.852. The molecule has 1 aromatic rings. The molecule has 1 rings (SSSR count). The summed E-state index contributed by atoms with van der Waals surface area (Å²) in [6.07, 6.45) is -2.61. The summed E-state index contributed by atoms with van der Waals surface area (Å²) in [6, 6.07) is 6.84. The Morgan fingerprint density at radius 1 is 1.50 bits per heavy atom. The van der Waals surface area contributed by atoms with Crippen LogP contribution in [0.5, 0.6) is 0 Å². The van der Waals surface area contributed by atoms with Crippen LogP contribution in [0.25, 0.3) is 0 Å². The average molecular weight is 245 g/mol. The maximum atomic E-state index is 11.0. The van der Waals surface area contributed by atoms with Crippen molar-refractivity contribution >= 4 is 17.6 Å². The van der Waals surface area contributed by atoms with Gasteiger partial charge in [0.1, 0.15) is 0 Å². The van der Waals surface area contributed by atoms with Gasteiger partial charge < -0.3 is 14.9 Å². The van der Waals surface area contributed by atoms with Gasteiger partial charge in [0.15, 0.2) is 6.10 Å². The van der Waals surface area contributed by atoms with Crippen LogP contribution in [-0.4, -0.2) is 35.5 Å². The average Bonchev–Trinajstić information content (AvgIpc) is 2.27. The Bertz CT molecular complexity index is 367. The molecule has 0 aliphatic rings. The molecule has 2 atom stereocenters. The molecule has 0 aliphatic heterocycles. The summed E-state index contributed by atoms with van der Waals surface area (Å²) in [5.41, 5.74) is 0.739. The van der Waals surface area contributed by atoms with E-state index in [2.05, 4.69) is 4.74 Å². The summed E-state index contributed by atoms with van der Waals surface area (Å²) < 4.78 is 4.32. The largest absolute Gasteiger partial charge is 0.467 e. The van der Waals surface area contributed by atoms with Crippen LogP contribution in [-0.2, 0) is 16.0 Å². The van der Waals surface area contributed by atoms with E-state index in [0.717, 1.165) is 12.7 Å². The Kier molecular flexibility index (Phi) is 4.73. The first-order chi connectivity index (χ1) is 7.54. The molecule has 0 aromatic heterocycles. The van der Waals surface area contributed by atoms with Crippen molar-refractivity contribution in [3.63, 3.8) is 0 Å². The number of hydrogen-bond donors (Lipinski definition) is 2. The summed E-state index contributed by atoms with van der Waals surface area (Å²) in [5, 5.41) is 19.5. The second-order valence-corrected chi connectivity index (χ2v) is 3.81. The molecule has 88 valence electrons. The summed E-state index contributed by atoms with van der Waals surface area (Å²) in [6.45, 7) is 0. The SMILES string of the molecule is COC(=O)C(O)C(O)Cc1cccc(Cl)c1. The van der Waals surface area contributed by atoms with Gasteiger partial charge in [-0.2, -0.15) is 0 Å². The van der Waals surface area contributed by atoms with Gasteiger partial charge in [0.05, 0.1) is 13.2 Å². The van der Waals surface area contributed by atoms with Crippen LogP contribution in [0.4, 0.5) is 0 Å². The molecular weight excluding hydrogens is 232 g/mol. The van der Waals surface area contributed by atoms with E-state index in [-0.39, 0.29) is 6.42 Å². The van der Waals surface area contributed by atoms with Crippen LogP contribution in [0.1, 0.15) is 5.56 Å². The first-order valence-electron chi connectivity index (χ1n) is 4.73. The van der Waals surface area contributed by atoms with Gasteiger partial charge in [0.2, 0.25) is 0 Å². The first-order valence-corrected chi connectivity index (χ1v) is 5.11. The molecule has 0 saturated carbocycles. The van der Waals surface area contributed by atoms with Crippen LogP contribution in [0.2, 0.25) is 5.02 Å². The molecule has 0 saturated heterocycles. The number of carbonyl (C=O) groups excluding carboxylic acids is 1. The zero-order chi connectivity index (χ0) is 12.1. The second kappa shape index (κ2) is 5.84. The molecule has 0 heterocycles. The molecule has 2 N–H and O–H groups in total. The summed E-state index contributed by atoms with van der Waals surface area (Å²) in [7, 11) is 1.15. The summed E-state index contributed by atoms with van der Waals surface area (Å²) >= 11 is 5.76. The fourth-order valence-corrected chi connectivity index (χ4v) is 1.51. The van der Waals surface area contributed by atoms with E-state index in [1.807, 2.05) is 0 Å². The lowest BCUT2D eigenvalue weighted by molar-refractivity contribution is -0.156. The minimum Gasteiger partial charge on any atom is -0.467 e. The van der Waals surface area contributed by atoms with Crippen molar-refractivity contribution in [2.24, 2.45) is 0 Å². The van der Waals surface area contributed by atoms with E-state index < -0.39 is 18.2 Å². The zero-order valence-electron chi connectivity index (χ0n) is 8.76. The third kappa shape index (κ3) is 3.48. The highest BCUT2D eigenvalue weighted by Crippen LogP contribution is 2.13. The van der Waals surface area contributed by atoms with Gasteiger partial charge in [-0.25, -0.2) is 4.79 Å². The van der Waals surface area contributed by atoms with Gasteiger partial charge in [-0.1, -0.05) is 23.7 Å². The van der Waals surface area contributed by atoms with Gasteiger partial charge in [-0.05, 0) is 17.7 Å². The van der Waals surface area contributed by atoms with Crippen molar-refractivity contribution in [2.45, 2.75) is 18.6 Å². The number of methoxy groups -OCH3 is 1. The maximum Gasteiger partial charge on any atom is 0.337 e. The Morgan fingerprint density at radius 3 is 2.75 bits per heavy atom. The Morgan fingerprint density at radius 2 is 2.19 bits per heavy atom. The normalized spacial score (nSPS) is 14.2. The molecule has 0 amide bonds.